The van der Waals surface area contributed by atoms with E-state index >= 15 is 0 Å². The number of carbonyl (C=O) groups excluding carboxylic acids is 1. The fourth-order valence-corrected chi connectivity index (χ4v) is 4.54. The van der Waals surface area contributed by atoms with E-state index in [4.69, 9.17) is 11.6 Å². The second kappa shape index (κ2) is 6.68. The topological polar surface area (TPSA) is 56.3 Å². The summed E-state index contributed by atoms with van der Waals surface area (Å²) in [5, 5.41) is 13.2. The minimum absolute atomic E-state index is 0.0119. The number of fused-ring (bicyclic) bond motifs is 4. The Morgan fingerprint density at radius 3 is 2.76 bits per heavy atom. The van der Waals surface area contributed by atoms with Crippen LogP contribution in [0, 0.1) is 0 Å². The van der Waals surface area contributed by atoms with Crippen LogP contribution in [0.2, 0.25) is 0 Å². The number of hydrogen-bond donors (Lipinski definition) is 2. The van der Waals surface area contributed by atoms with Gasteiger partial charge in [-0.2, -0.15) is 0 Å². The summed E-state index contributed by atoms with van der Waals surface area (Å²) in [6, 6.07) is 17.1. The standard InChI is InChI=1S/C24H19ClN2O2/c1-2-14-7-8-19-15(9-14)10-20(26-19)24(29)27-13-16(12-25)23-18-6-4-3-5-17(18)22(28)11-21(23)27/h2-11,16,26,28H,1,12-13H2/t16-/m1/s1. The molecule has 4 aromatic rings. The lowest BCUT2D eigenvalue weighted by atomic mass is 9.95. The molecule has 3 aromatic carbocycles. The van der Waals surface area contributed by atoms with E-state index < -0.39 is 0 Å². The van der Waals surface area contributed by atoms with Gasteiger partial charge in [-0.3, -0.25) is 4.79 Å². The first-order chi connectivity index (χ1) is 14.1. The van der Waals surface area contributed by atoms with Crippen LogP contribution in [-0.4, -0.2) is 28.4 Å². The highest BCUT2D eigenvalue weighted by atomic mass is 35.5. The maximum atomic E-state index is 13.4. The third kappa shape index (κ3) is 2.71. The Kier molecular flexibility index (Phi) is 4.10. The second-order valence-corrected chi connectivity index (χ2v) is 7.68. The molecule has 1 aliphatic heterocycles. The minimum Gasteiger partial charge on any atom is -0.507 e. The number of alkyl halides is 1. The van der Waals surface area contributed by atoms with E-state index in [2.05, 4.69) is 11.6 Å². The van der Waals surface area contributed by atoms with Gasteiger partial charge in [-0.1, -0.05) is 43.0 Å². The fourth-order valence-electron chi connectivity index (χ4n) is 4.28. The summed E-state index contributed by atoms with van der Waals surface area (Å²) in [6.45, 7) is 4.28. The van der Waals surface area contributed by atoms with Crippen LogP contribution in [0.4, 0.5) is 5.69 Å². The average molecular weight is 403 g/mol. The predicted molar refractivity (Wildman–Crippen MR) is 119 cm³/mol. The number of benzene rings is 3. The summed E-state index contributed by atoms with van der Waals surface area (Å²) in [5.41, 5.74) is 4.15. The summed E-state index contributed by atoms with van der Waals surface area (Å²) in [5.74, 6) is 0.448. The monoisotopic (exact) mass is 402 g/mol. The van der Waals surface area contributed by atoms with E-state index in [1.54, 1.807) is 17.0 Å². The van der Waals surface area contributed by atoms with Crippen molar-refractivity contribution in [2.45, 2.75) is 5.92 Å². The summed E-state index contributed by atoms with van der Waals surface area (Å²) < 4.78 is 0. The van der Waals surface area contributed by atoms with Crippen LogP contribution in [0.3, 0.4) is 0 Å². The van der Waals surface area contributed by atoms with Gasteiger partial charge < -0.3 is 15.0 Å². The number of rotatable bonds is 3. The molecule has 0 fully saturated rings. The highest BCUT2D eigenvalue weighted by Crippen LogP contribution is 2.45. The van der Waals surface area contributed by atoms with Crippen LogP contribution < -0.4 is 4.90 Å². The summed E-state index contributed by atoms with van der Waals surface area (Å²) in [4.78, 5) is 18.3. The fraction of sp³-hybridized carbons (Fsp3) is 0.125. The molecule has 1 amide bonds. The third-order valence-corrected chi connectivity index (χ3v) is 6.06. The molecule has 2 N–H and O–H groups in total. The van der Waals surface area contributed by atoms with Gasteiger partial charge in [-0.25, -0.2) is 0 Å². The molecule has 1 atom stereocenters. The SMILES string of the molecule is C=Cc1ccc2[nH]c(C(=O)N3C[C@@H](CCl)c4c3cc(O)c3ccccc43)cc2c1. The van der Waals surface area contributed by atoms with Crippen molar-refractivity contribution < 1.29 is 9.90 Å². The third-order valence-electron chi connectivity index (χ3n) is 5.69. The number of halogens is 1. The molecule has 0 bridgehead atoms. The van der Waals surface area contributed by atoms with Crippen LogP contribution in [-0.2, 0) is 0 Å². The minimum atomic E-state index is -0.134. The number of H-pyrrole nitrogens is 1. The second-order valence-electron chi connectivity index (χ2n) is 7.37. The van der Waals surface area contributed by atoms with E-state index in [0.717, 1.165) is 38.5 Å². The predicted octanol–water partition coefficient (Wildman–Crippen LogP) is 5.65. The molecule has 5 rings (SSSR count). The number of phenols is 1. The maximum Gasteiger partial charge on any atom is 0.274 e. The molecule has 5 heteroatoms. The molecule has 0 saturated carbocycles. The molecule has 1 aromatic heterocycles. The zero-order valence-electron chi connectivity index (χ0n) is 15.7. The van der Waals surface area contributed by atoms with Crippen molar-refractivity contribution >= 4 is 50.9 Å². The first-order valence-electron chi connectivity index (χ1n) is 9.48. The molecule has 0 unspecified atom stereocenters. The van der Waals surface area contributed by atoms with E-state index in [-0.39, 0.29) is 17.6 Å². The van der Waals surface area contributed by atoms with Gasteiger partial charge in [0.25, 0.3) is 5.91 Å². The van der Waals surface area contributed by atoms with Crippen molar-refractivity contribution in [2.75, 3.05) is 17.3 Å². The number of aromatic amines is 1. The van der Waals surface area contributed by atoms with Crippen molar-refractivity contribution in [3.63, 3.8) is 0 Å². The average Bonchev–Trinajstić information content (AvgIpc) is 3.34. The summed E-state index contributed by atoms with van der Waals surface area (Å²) in [6.07, 6.45) is 1.78. The van der Waals surface area contributed by atoms with Gasteiger partial charge in [-0.15, -0.1) is 11.6 Å². The van der Waals surface area contributed by atoms with Gasteiger partial charge in [0.2, 0.25) is 0 Å². The molecule has 29 heavy (non-hydrogen) atoms. The number of anilines is 1. The summed E-state index contributed by atoms with van der Waals surface area (Å²) in [7, 11) is 0. The molecule has 1 aliphatic rings. The number of aromatic hydroxyl groups is 1. The number of amides is 1. The molecule has 0 radical (unpaired) electrons. The smallest absolute Gasteiger partial charge is 0.274 e. The van der Waals surface area contributed by atoms with Crippen LogP contribution in [0.1, 0.15) is 27.5 Å². The van der Waals surface area contributed by atoms with E-state index in [1.165, 1.54) is 0 Å². The Morgan fingerprint density at radius 1 is 1.21 bits per heavy atom. The molecule has 0 saturated heterocycles. The quantitative estimate of drug-likeness (QED) is 0.435. The number of nitrogens with zero attached hydrogens (tertiary/aromatic N) is 1. The van der Waals surface area contributed by atoms with Gasteiger partial charge in [0, 0.05) is 40.7 Å². The van der Waals surface area contributed by atoms with E-state index in [0.29, 0.717) is 18.1 Å². The summed E-state index contributed by atoms with van der Waals surface area (Å²) >= 11 is 6.27. The van der Waals surface area contributed by atoms with Crippen molar-refractivity contribution in [1.82, 2.24) is 4.98 Å². The highest BCUT2D eigenvalue weighted by Gasteiger charge is 2.35. The lowest BCUT2D eigenvalue weighted by molar-refractivity contribution is 0.0984. The van der Waals surface area contributed by atoms with Crippen LogP contribution in [0.15, 0.2) is 61.2 Å². The Balaban J connectivity index is 1.63. The van der Waals surface area contributed by atoms with Gasteiger partial charge >= 0.3 is 0 Å². The van der Waals surface area contributed by atoms with Crippen molar-refractivity contribution in [3.05, 3.63) is 78.0 Å². The van der Waals surface area contributed by atoms with Crippen molar-refractivity contribution in [2.24, 2.45) is 0 Å². The molecule has 2 heterocycles. The lowest BCUT2D eigenvalue weighted by Gasteiger charge is -2.17. The van der Waals surface area contributed by atoms with Crippen LogP contribution in [0.25, 0.3) is 27.8 Å². The molecular formula is C24H19ClN2O2. The van der Waals surface area contributed by atoms with Crippen LogP contribution >= 0.6 is 11.6 Å². The van der Waals surface area contributed by atoms with Gasteiger partial charge in [0.1, 0.15) is 11.4 Å². The Bertz CT molecular complexity index is 1290. The largest absolute Gasteiger partial charge is 0.507 e. The van der Waals surface area contributed by atoms with Gasteiger partial charge in [-0.05, 0) is 34.7 Å². The first kappa shape index (κ1) is 17.8. The number of hydrogen-bond acceptors (Lipinski definition) is 2. The number of nitrogens with one attached hydrogen (secondary N) is 1. The molecule has 4 nitrogen and oxygen atoms in total. The zero-order valence-corrected chi connectivity index (χ0v) is 16.4. The maximum absolute atomic E-state index is 13.4. The Labute approximate surface area is 173 Å². The van der Waals surface area contributed by atoms with Crippen molar-refractivity contribution in [1.29, 1.82) is 0 Å². The number of phenolic OH excluding ortho intramolecular Hbond substituents is 1. The van der Waals surface area contributed by atoms with Gasteiger partial charge in [0.05, 0.1) is 5.69 Å². The molecule has 144 valence electrons. The molecular weight excluding hydrogens is 384 g/mol. The normalized spacial score (nSPS) is 15.8. The molecule has 0 aliphatic carbocycles. The molecule has 0 spiro atoms. The van der Waals surface area contributed by atoms with Crippen molar-refractivity contribution in [3.8, 4) is 5.75 Å². The highest BCUT2D eigenvalue weighted by molar-refractivity contribution is 6.19. The van der Waals surface area contributed by atoms with E-state index in [9.17, 15) is 9.90 Å². The Morgan fingerprint density at radius 2 is 2.00 bits per heavy atom. The first-order valence-corrected chi connectivity index (χ1v) is 10.0. The lowest BCUT2D eigenvalue weighted by Crippen LogP contribution is -2.30. The zero-order chi connectivity index (χ0) is 20.1. The number of aromatic nitrogens is 1. The Hall–Kier alpha value is -3.24. The number of carbonyl (C=O) groups is 1. The van der Waals surface area contributed by atoms with Gasteiger partial charge in [0.15, 0.2) is 0 Å². The van der Waals surface area contributed by atoms with E-state index in [1.807, 2.05) is 48.5 Å². The van der Waals surface area contributed by atoms with Crippen LogP contribution in [0.5, 0.6) is 5.75 Å².